The molecule has 2 fully saturated rings. The van der Waals surface area contributed by atoms with Crippen LogP contribution in [0, 0.1) is 0 Å². The number of nitrogens with zero attached hydrogens (tertiary/aromatic N) is 3. The summed E-state index contributed by atoms with van der Waals surface area (Å²) in [6, 6.07) is 6.26. The molecule has 7 nitrogen and oxygen atoms in total. The zero-order valence-electron chi connectivity index (χ0n) is 17.7. The average molecular weight is 409 g/mol. The van der Waals surface area contributed by atoms with Gasteiger partial charge >= 0.3 is 0 Å². The lowest BCUT2D eigenvalue weighted by atomic mass is 10.1. The Morgan fingerprint density at radius 2 is 2.13 bits per heavy atom. The average Bonchev–Trinajstić information content (AvgIpc) is 3.16. The summed E-state index contributed by atoms with van der Waals surface area (Å²) in [7, 11) is 0. The predicted molar refractivity (Wildman–Crippen MR) is 114 cm³/mol. The Balaban J connectivity index is 1.42. The second kappa shape index (κ2) is 7.87. The number of aromatic nitrogens is 3. The first kappa shape index (κ1) is 19.3. The Bertz CT molecular complexity index is 1030. The number of carbonyl (C=O) groups is 1. The maximum Gasteiger partial charge on any atom is 0.252 e. The number of quaternary nitrogens is 1. The number of carbonyl (C=O) groups excluding carboxylic acids is 1. The lowest BCUT2D eigenvalue weighted by molar-refractivity contribution is -0.919. The molecule has 3 aromatic rings. The molecular formula is C23H30N5O2+. The molecule has 4 heterocycles. The van der Waals surface area contributed by atoms with Gasteiger partial charge in [-0.05, 0) is 44.9 Å². The molecule has 1 aliphatic carbocycles. The van der Waals surface area contributed by atoms with E-state index < -0.39 is 0 Å². The monoisotopic (exact) mass is 408 g/mol. The lowest BCUT2D eigenvalue weighted by Gasteiger charge is -2.23. The third-order valence-corrected chi connectivity index (χ3v) is 6.41. The van der Waals surface area contributed by atoms with E-state index in [2.05, 4.69) is 24.3 Å². The molecule has 0 aromatic carbocycles. The Labute approximate surface area is 176 Å². The standard InChI is InChI=1S/C23H29N5O2/c1-15(2)28-22-18(13-25-28)17(12-19(26-22)16-7-8-16)23(29)24-14-20(21-6-5-11-30-21)27-9-3-4-10-27/h5-6,11-13,15-16,20H,3-4,7-10,14H2,1-2H3,(H,24,29)/p+1/t20-/m0/s1. The van der Waals surface area contributed by atoms with Gasteiger partial charge in [0.15, 0.2) is 17.4 Å². The molecule has 7 heteroatoms. The minimum Gasteiger partial charge on any atom is -0.463 e. The molecule has 0 unspecified atom stereocenters. The van der Waals surface area contributed by atoms with Crippen LogP contribution in [0.2, 0.25) is 0 Å². The highest BCUT2D eigenvalue weighted by atomic mass is 16.3. The van der Waals surface area contributed by atoms with Crippen molar-refractivity contribution in [2.75, 3.05) is 19.6 Å². The summed E-state index contributed by atoms with van der Waals surface area (Å²) in [5, 5.41) is 8.54. The highest BCUT2D eigenvalue weighted by Crippen LogP contribution is 2.40. The van der Waals surface area contributed by atoms with Crippen molar-refractivity contribution >= 4 is 16.9 Å². The summed E-state index contributed by atoms with van der Waals surface area (Å²) in [4.78, 5) is 19.7. The van der Waals surface area contributed by atoms with E-state index in [1.54, 1.807) is 12.5 Å². The van der Waals surface area contributed by atoms with Crippen molar-refractivity contribution in [3.8, 4) is 0 Å². The second-order valence-electron chi connectivity index (χ2n) is 8.93. The Kier molecular flexibility index (Phi) is 5.06. The minimum absolute atomic E-state index is 0.0530. The van der Waals surface area contributed by atoms with Crippen LogP contribution < -0.4 is 10.2 Å². The molecule has 1 amide bonds. The van der Waals surface area contributed by atoms with Crippen LogP contribution in [0.1, 0.15) is 79.3 Å². The van der Waals surface area contributed by atoms with Crippen molar-refractivity contribution in [3.63, 3.8) is 0 Å². The quantitative estimate of drug-likeness (QED) is 0.630. The fourth-order valence-corrected chi connectivity index (χ4v) is 4.59. The van der Waals surface area contributed by atoms with Gasteiger partial charge in [0.05, 0.1) is 43.0 Å². The normalized spacial score (nSPS) is 18.4. The molecule has 1 saturated carbocycles. The van der Waals surface area contributed by atoms with Crippen LogP contribution in [0.4, 0.5) is 0 Å². The molecule has 2 N–H and O–H groups in total. The van der Waals surface area contributed by atoms with E-state index in [0.717, 1.165) is 48.4 Å². The van der Waals surface area contributed by atoms with Crippen LogP contribution in [0.15, 0.2) is 35.1 Å². The number of amides is 1. The molecule has 0 radical (unpaired) electrons. The van der Waals surface area contributed by atoms with Crippen molar-refractivity contribution in [1.29, 1.82) is 0 Å². The van der Waals surface area contributed by atoms with Gasteiger partial charge in [0.1, 0.15) is 0 Å². The summed E-state index contributed by atoms with van der Waals surface area (Å²) in [5.41, 5.74) is 2.51. The third-order valence-electron chi connectivity index (χ3n) is 6.41. The number of likely N-dealkylation sites (tertiary alicyclic amines) is 1. The first-order valence-electron chi connectivity index (χ1n) is 11.2. The summed E-state index contributed by atoms with van der Waals surface area (Å²) in [6.45, 7) is 6.97. The zero-order valence-corrected chi connectivity index (χ0v) is 17.7. The molecule has 0 bridgehead atoms. The molecule has 1 atom stereocenters. The number of hydrogen-bond donors (Lipinski definition) is 2. The smallest absolute Gasteiger partial charge is 0.252 e. The van der Waals surface area contributed by atoms with Crippen LogP contribution in [0.25, 0.3) is 11.0 Å². The zero-order chi connectivity index (χ0) is 20.7. The number of furan rings is 1. The van der Waals surface area contributed by atoms with Gasteiger partial charge in [0, 0.05) is 30.5 Å². The molecule has 1 saturated heterocycles. The van der Waals surface area contributed by atoms with Crippen LogP contribution in [0.3, 0.4) is 0 Å². The van der Waals surface area contributed by atoms with E-state index in [0.29, 0.717) is 18.0 Å². The van der Waals surface area contributed by atoms with Crippen LogP contribution in [-0.4, -0.2) is 40.3 Å². The Morgan fingerprint density at radius 3 is 2.80 bits per heavy atom. The topological polar surface area (TPSA) is 77.4 Å². The van der Waals surface area contributed by atoms with E-state index in [4.69, 9.17) is 9.40 Å². The van der Waals surface area contributed by atoms with Crippen LogP contribution >= 0.6 is 0 Å². The van der Waals surface area contributed by atoms with Crippen molar-refractivity contribution in [2.24, 2.45) is 0 Å². The van der Waals surface area contributed by atoms with E-state index in [9.17, 15) is 4.79 Å². The van der Waals surface area contributed by atoms with E-state index in [-0.39, 0.29) is 18.0 Å². The number of fused-ring (bicyclic) bond motifs is 1. The van der Waals surface area contributed by atoms with Crippen molar-refractivity contribution < 1.29 is 14.1 Å². The van der Waals surface area contributed by atoms with E-state index in [1.807, 2.05) is 22.9 Å². The predicted octanol–water partition coefficient (Wildman–Crippen LogP) is 2.63. The first-order valence-corrected chi connectivity index (χ1v) is 11.2. The van der Waals surface area contributed by atoms with Gasteiger partial charge in [-0.25, -0.2) is 9.67 Å². The third kappa shape index (κ3) is 3.62. The SMILES string of the molecule is CC(C)n1ncc2c(C(=O)NC[C@@H](c3ccco3)[NH+]3CCCC3)cc(C3CC3)nc21. The van der Waals surface area contributed by atoms with Gasteiger partial charge < -0.3 is 14.6 Å². The van der Waals surface area contributed by atoms with Gasteiger partial charge in [-0.1, -0.05) is 0 Å². The number of rotatable bonds is 7. The summed E-state index contributed by atoms with van der Waals surface area (Å²) < 4.78 is 7.62. The number of pyridine rings is 1. The Hall–Kier alpha value is -2.67. The number of nitrogens with one attached hydrogen (secondary N) is 2. The molecule has 0 spiro atoms. The molecule has 5 rings (SSSR count). The van der Waals surface area contributed by atoms with Gasteiger partial charge in [-0.3, -0.25) is 4.79 Å². The van der Waals surface area contributed by atoms with E-state index >= 15 is 0 Å². The molecule has 1 aliphatic heterocycles. The maximum atomic E-state index is 13.3. The van der Waals surface area contributed by atoms with Gasteiger partial charge in [0.2, 0.25) is 0 Å². The van der Waals surface area contributed by atoms with Gasteiger partial charge in [-0.15, -0.1) is 0 Å². The van der Waals surface area contributed by atoms with Gasteiger partial charge in [-0.2, -0.15) is 5.10 Å². The van der Waals surface area contributed by atoms with Crippen LogP contribution in [0.5, 0.6) is 0 Å². The van der Waals surface area contributed by atoms with Crippen LogP contribution in [-0.2, 0) is 0 Å². The van der Waals surface area contributed by atoms with E-state index in [1.165, 1.54) is 17.7 Å². The first-order chi connectivity index (χ1) is 14.6. The highest BCUT2D eigenvalue weighted by molar-refractivity contribution is 6.05. The van der Waals surface area contributed by atoms with Crippen molar-refractivity contribution in [1.82, 2.24) is 20.1 Å². The molecule has 2 aliphatic rings. The lowest BCUT2D eigenvalue weighted by Crippen LogP contribution is -3.11. The van der Waals surface area contributed by atoms with Crippen molar-refractivity contribution in [2.45, 2.75) is 57.5 Å². The summed E-state index contributed by atoms with van der Waals surface area (Å²) >= 11 is 0. The Morgan fingerprint density at radius 1 is 1.33 bits per heavy atom. The molecule has 30 heavy (non-hydrogen) atoms. The van der Waals surface area contributed by atoms with Gasteiger partial charge in [0.25, 0.3) is 5.91 Å². The van der Waals surface area contributed by atoms with Crippen molar-refractivity contribution in [3.05, 3.63) is 47.7 Å². The molecular weight excluding hydrogens is 378 g/mol. The summed E-state index contributed by atoms with van der Waals surface area (Å²) in [6.07, 6.45) is 8.25. The maximum absolute atomic E-state index is 13.3. The molecule has 3 aromatic heterocycles. The number of hydrogen-bond acceptors (Lipinski definition) is 4. The highest BCUT2D eigenvalue weighted by Gasteiger charge is 2.31. The summed E-state index contributed by atoms with van der Waals surface area (Å²) in [5.74, 6) is 1.36. The fraction of sp³-hybridized carbons (Fsp3) is 0.522. The minimum atomic E-state index is -0.0530. The molecule has 158 valence electrons. The largest absolute Gasteiger partial charge is 0.463 e. The fourth-order valence-electron chi connectivity index (χ4n) is 4.59. The second-order valence-corrected chi connectivity index (χ2v) is 8.93.